The molecule has 5 nitrogen and oxygen atoms in total. The van der Waals surface area contributed by atoms with Crippen LogP contribution in [0.5, 0.6) is 0 Å². The third-order valence-corrected chi connectivity index (χ3v) is 7.95. The first-order valence-corrected chi connectivity index (χ1v) is 11.5. The van der Waals surface area contributed by atoms with Gasteiger partial charge in [-0.15, -0.1) is 0 Å². The average molecular weight is 418 g/mol. The number of benzene rings is 1. The van der Waals surface area contributed by atoms with Crippen molar-refractivity contribution in [1.29, 1.82) is 0 Å². The molecule has 1 aliphatic carbocycles. The molecule has 0 N–H and O–H groups in total. The van der Waals surface area contributed by atoms with Crippen LogP contribution in [0.15, 0.2) is 48.5 Å². The van der Waals surface area contributed by atoms with Crippen molar-refractivity contribution in [2.75, 3.05) is 0 Å². The number of fused-ring (bicyclic) bond motifs is 1. The fourth-order valence-corrected chi connectivity index (χ4v) is 6.72. The summed E-state index contributed by atoms with van der Waals surface area (Å²) in [4.78, 5) is 35.6. The van der Waals surface area contributed by atoms with Gasteiger partial charge in [-0.3, -0.25) is 9.59 Å². The molecule has 162 valence electrons. The first kappa shape index (κ1) is 20.2. The monoisotopic (exact) mass is 417 g/mol. The number of hydrogen-bond donors (Lipinski definition) is 0. The number of carbonyl (C=O) groups excluding carboxylic acids is 2. The largest absolute Gasteiger partial charge is 0.334 e. The Morgan fingerprint density at radius 2 is 1.74 bits per heavy atom. The van der Waals surface area contributed by atoms with Gasteiger partial charge in [-0.2, -0.15) is 0 Å². The minimum absolute atomic E-state index is 0.00478. The number of pyridine rings is 1. The van der Waals surface area contributed by atoms with Crippen molar-refractivity contribution in [3.63, 3.8) is 0 Å². The standard InChI is InChI=1S/C26H31N3O2/c1-17-9-7-12-20(27-17)25(31)29-22-16-26(3)23(13-8-14-24(26)29)28(18(2)30)21(22)15-19-10-5-4-6-11-19/h4-7,9-12,21-24H,8,13-16H2,1-3H3/t21-,22+,23-,24+,26-/m1/s1. The van der Waals surface area contributed by atoms with Crippen molar-refractivity contribution in [2.24, 2.45) is 5.41 Å². The normalized spacial score (nSPS) is 31.6. The van der Waals surface area contributed by atoms with E-state index in [1.54, 1.807) is 6.92 Å². The van der Waals surface area contributed by atoms with Crippen LogP contribution in [0.3, 0.4) is 0 Å². The van der Waals surface area contributed by atoms with E-state index in [0.717, 1.165) is 37.8 Å². The van der Waals surface area contributed by atoms with Gasteiger partial charge in [0.05, 0.1) is 12.1 Å². The predicted octanol–water partition coefficient (Wildman–Crippen LogP) is 4.01. The van der Waals surface area contributed by atoms with Crippen LogP contribution in [-0.2, 0) is 11.2 Å². The number of piperidine rings is 1. The van der Waals surface area contributed by atoms with E-state index in [1.807, 2.05) is 43.3 Å². The number of rotatable bonds is 3. The van der Waals surface area contributed by atoms with Crippen LogP contribution in [0.1, 0.15) is 61.3 Å². The molecule has 0 radical (unpaired) electrons. The quantitative estimate of drug-likeness (QED) is 0.758. The van der Waals surface area contributed by atoms with E-state index in [-0.39, 0.29) is 41.4 Å². The number of amides is 2. The minimum atomic E-state index is -0.0543. The molecule has 2 aromatic rings. The van der Waals surface area contributed by atoms with Crippen molar-refractivity contribution in [3.05, 3.63) is 65.5 Å². The molecule has 0 spiro atoms. The maximum Gasteiger partial charge on any atom is 0.273 e. The van der Waals surface area contributed by atoms with Gasteiger partial charge in [-0.25, -0.2) is 4.98 Å². The van der Waals surface area contributed by atoms with Gasteiger partial charge in [0, 0.05) is 30.1 Å². The van der Waals surface area contributed by atoms with Crippen molar-refractivity contribution in [1.82, 2.24) is 14.8 Å². The number of hydrogen-bond acceptors (Lipinski definition) is 3. The second kappa shape index (κ2) is 7.47. The number of aryl methyl sites for hydroxylation is 1. The Kier molecular flexibility index (Phi) is 4.87. The number of likely N-dealkylation sites (tertiary alicyclic amines) is 2. The highest BCUT2D eigenvalue weighted by atomic mass is 16.2. The van der Waals surface area contributed by atoms with Gasteiger partial charge in [0.1, 0.15) is 5.69 Å². The summed E-state index contributed by atoms with van der Waals surface area (Å²) in [5.74, 6) is 0.150. The highest BCUT2D eigenvalue weighted by molar-refractivity contribution is 5.93. The van der Waals surface area contributed by atoms with E-state index >= 15 is 0 Å². The van der Waals surface area contributed by atoms with Crippen LogP contribution in [0.25, 0.3) is 0 Å². The summed E-state index contributed by atoms with van der Waals surface area (Å²) in [6.07, 6.45) is 4.81. The molecule has 2 amide bonds. The van der Waals surface area contributed by atoms with Crippen LogP contribution in [0.4, 0.5) is 0 Å². The van der Waals surface area contributed by atoms with Gasteiger partial charge in [0.2, 0.25) is 5.91 Å². The molecule has 0 unspecified atom stereocenters. The molecule has 3 fully saturated rings. The zero-order chi connectivity index (χ0) is 21.8. The topological polar surface area (TPSA) is 53.5 Å². The van der Waals surface area contributed by atoms with E-state index in [1.165, 1.54) is 5.56 Å². The molecule has 5 heteroatoms. The molecule has 3 aliphatic rings. The Morgan fingerprint density at radius 3 is 2.42 bits per heavy atom. The molecule has 2 saturated heterocycles. The number of aromatic nitrogens is 1. The summed E-state index contributed by atoms with van der Waals surface area (Å²) in [5.41, 5.74) is 2.53. The van der Waals surface area contributed by atoms with Crippen molar-refractivity contribution in [3.8, 4) is 0 Å². The van der Waals surface area contributed by atoms with Crippen LogP contribution in [0.2, 0.25) is 0 Å². The molecular formula is C26H31N3O2. The van der Waals surface area contributed by atoms with Gasteiger partial charge in [-0.05, 0) is 56.7 Å². The van der Waals surface area contributed by atoms with Crippen LogP contribution in [0, 0.1) is 12.3 Å². The van der Waals surface area contributed by atoms with E-state index in [0.29, 0.717) is 5.69 Å². The summed E-state index contributed by atoms with van der Waals surface area (Å²) < 4.78 is 0. The lowest BCUT2D eigenvalue weighted by molar-refractivity contribution is -0.142. The lowest BCUT2D eigenvalue weighted by Gasteiger charge is -2.52. The lowest BCUT2D eigenvalue weighted by Crippen LogP contribution is -2.62. The van der Waals surface area contributed by atoms with Crippen LogP contribution < -0.4 is 0 Å². The molecule has 3 heterocycles. The Hall–Kier alpha value is -2.69. The smallest absolute Gasteiger partial charge is 0.273 e. The van der Waals surface area contributed by atoms with E-state index in [4.69, 9.17) is 0 Å². The molecular weight excluding hydrogens is 386 g/mol. The molecule has 1 saturated carbocycles. The molecule has 5 rings (SSSR count). The Morgan fingerprint density at radius 1 is 1.03 bits per heavy atom. The highest BCUT2D eigenvalue weighted by Gasteiger charge is 2.64. The predicted molar refractivity (Wildman–Crippen MR) is 120 cm³/mol. The first-order valence-electron chi connectivity index (χ1n) is 11.5. The number of carbonyl (C=O) groups is 2. The summed E-state index contributed by atoms with van der Waals surface area (Å²) in [6.45, 7) is 5.93. The third-order valence-electron chi connectivity index (χ3n) is 7.95. The van der Waals surface area contributed by atoms with Gasteiger partial charge < -0.3 is 9.80 Å². The molecule has 31 heavy (non-hydrogen) atoms. The molecule has 2 bridgehead atoms. The van der Waals surface area contributed by atoms with Crippen LogP contribution >= 0.6 is 0 Å². The van der Waals surface area contributed by atoms with Gasteiger partial charge in [0.25, 0.3) is 5.91 Å². The SMILES string of the molecule is CC(=O)N1[C@H](Cc2ccccc2)[C@@H]2C[C@@]3(C)[C@H](CCC[C@@H]13)N2C(=O)c1cccc(C)n1. The summed E-state index contributed by atoms with van der Waals surface area (Å²) in [7, 11) is 0. The van der Waals surface area contributed by atoms with Crippen LogP contribution in [-0.4, -0.2) is 50.8 Å². The van der Waals surface area contributed by atoms with Gasteiger partial charge >= 0.3 is 0 Å². The average Bonchev–Trinajstić information content (AvgIpc) is 3.06. The van der Waals surface area contributed by atoms with Crippen molar-refractivity contribution < 1.29 is 9.59 Å². The third kappa shape index (κ3) is 3.17. The zero-order valence-corrected chi connectivity index (χ0v) is 18.6. The maximum absolute atomic E-state index is 13.8. The molecule has 1 aromatic carbocycles. The van der Waals surface area contributed by atoms with Crippen molar-refractivity contribution in [2.45, 2.75) is 77.0 Å². The molecule has 2 aliphatic heterocycles. The lowest BCUT2D eigenvalue weighted by atomic mass is 9.64. The summed E-state index contributed by atoms with van der Waals surface area (Å²) in [6, 6.07) is 16.4. The fourth-order valence-electron chi connectivity index (χ4n) is 6.72. The highest BCUT2D eigenvalue weighted by Crippen LogP contribution is 2.56. The van der Waals surface area contributed by atoms with E-state index in [2.05, 4.69) is 33.8 Å². The summed E-state index contributed by atoms with van der Waals surface area (Å²) >= 11 is 0. The minimum Gasteiger partial charge on any atom is -0.334 e. The van der Waals surface area contributed by atoms with Gasteiger partial charge in [-0.1, -0.05) is 43.3 Å². The van der Waals surface area contributed by atoms with E-state index in [9.17, 15) is 9.59 Å². The summed E-state index contributed by atoms with van der Waals surface area (Å²) in [5, 5.41) is 0. The second-order valence-electron chi connectivity index (χ2n) is 9.80. The second-order valence-corrected chi connectivity index (χ2v) is 9.80. The number of nitrogens with zero attached hydrogens (tertiary/aromatic N) is 3. The van der Waals surface area contributed by atoms with E-state index < -0.39 is 0 Å². The Bertz CT molecular complexity index is 1010. The molecule has 1 aromatic heterocycles. The maximum atomic E-state index is 13.8. The Labute approximate surface area is 184 Å². The first-order chi connectivity index (χ1) is 14.9. The zero-order valence-electron chi connectivity index (χ0n) is 18.6. The van der Waals surface area contributed by atoms with Gasteiger partial charge in [0.15, 0.2) is 0 Å². The molecule has 5 atom stereocenters. The fraction of sp³-hybridized carbons (Fsp3) is 0.500. The Balaban J connectivity index is 1.59. The van der Waals surface area contributed by atoms with Crippen molar-refractivity contribution >= 4 is 11.8 Å².